The first kappa shape index (κ1) is 18.2. The Bertz CT molecular complexity index is 261. The van der Waals surface area contributed by atoms with Crippen molar-refractivity contribution in [2.45, 2.75) is 51.5 Å². The second kappa shape index (κ2) is 12.3. The van der Waals surface area contributed by atoms with Gasteiger partial charge in [0.25, 0.3) is 0 Å². The number of nitrogens with one attached hydrogen (secondary N) is 1. The van der Waals surface area contributed by atoms with Crippen LogP contribution < -0.4 is 5.32 Å². The van der Waals surface area contributed by atoms with Gasteiger partial charge in [-0.3, -0.25) is 4.79 Å². The Balaban J connectivity index is 3.60. The van der Waals surface area contributed by atoms with Gasteiger partial charge in [-0.15, -0.1) is 0 Å². The SMILES string of the molecule is CCCCCCCSCC(=O)N[C@@H](CCO)C(=O)O. The summed E-state index contributed by atoms with van der Waals surface area (Å²) in [5, 5.41) is 19.9. The van der Waals surface area contributed by atoms with E-state index in [0.29, 0.717) is 0 Å². The van der Waals surface area contributed by atoms with Crippen LogP contribution in [0.15, 0.2) is 0 Å². The summed E-state index contributed by atoms with van der Waals surface area (Å²) in [6.45, 7) is 1.92. The summed E-state index contributed by atoms with van der Waals surface area (Å²) in [5.41, 5.74) is 0. The van der Waals surface area contributed by atoms with Crippen LogP contribution in [0.2, 0.25) is 0 Å². The number of carbonyl (C=O) groups is 2. The van der Waals surface area contributed by atoms with Crippen LogP contribution in [0.5, 0.6) is 0 Å². The van der Waals surface area contributed by atoms with Crippen LogP contribution in [0.1, 0.15) is 45.4 Å². The Morgan fingerprint density at radius 3 is 2.47 bits per heavy atom. The third kappa shape index (κ3) is 10.8. The normalized spacial score (nSPS) is 12.1. The number of thioether (sulfide) groups is 1. The number of hydrogen-bond acceptors (Lipinski definition) is 4. The molecule has 0 spiro atoms. The van der Waals surface area contributed by atoms with Gasteiger partial charge in [0.05, 0.1) is 5.75 Å². The van der Waals surface area contributed by atoms with Crippen molar-refractivity contribution in [3.63, 3.8) is 0 Å². The van der Waals surface area contributed by atoms with E-state index in [4.69, 9.17) is 10.2 Å². The Morgan fingerprint density at radius 1 is 1.21 bits per heavy atom. The highest BCUT2D eigenvalue weighted by Gasteiger charge is 2.18. The average Bonchev–Trinajstić information content (AvgIpc) is 2.37. The molecule has 3 N–H and O–H groups in total. The second-order valence-corrected chi connectivity index (χ2v) is 5.54. The first-order chi connectivity index (χ1) is 9.11. The molecule has 1 amide bonds. The van der Waals surface area contributed by atoms with Crippen molar-refractivity contribution in [2.24, 2.45) is 0 Å². The molecule has 0 saturated heterocycles. The van der Waals surface area contributed by atoms with Gasteiger partial charge >= 0.3 is 5.97 Å². The van der Waals surface area contributed by atoms with Crippen molar-refractivity contribution in [1.82, 2.24) is 5.32 Å². The zero-order valence-electron chi connectivity index (χ0n) is 11.6. The van der Waals surface area contributed by atoms with E-state index in [9.17, 15) is 9.59 Å². The highest BCUT2D eigenvalue weighted by atomic mass is 32.2. The molecule has 5 nitrogen and oxygen atoms in total. The van der Waals surface area contributed by atoms with Gasteiger partial charge in [0.1, 0.15) is 6.04 Å². The Labute approximate surface area is 119 Å². The second-order valence-electron chi connectivity index (χ2n) is 4.44. The zero-order valence-corrected chi connectivity index (χ0v) is 12.4. The van der Waals surface area contributed by atoms with E-state index in [1.54, 1.807) is 0 Å². The number of carboxylic acids is 1. The van der Waals surface area contributed by atoms with Crippen molar-refractivity contribution in [1.29, 1.82) is 0 Å². The fourth-order valence-electron chi connectivity index (χ4n) is 1.60. The number of rotatable bonds is 12. The van der Waals surface area contributed by atoms with Crippen LogP contribution >= 0.6 is 11.8 Å². The highest BCUT2D eigenvalue weighted by Crippen LogP contribution is 2.08. The molecular formula is C13H25NO4S. The minimum Gasteiger partial charge on any atom is -0.480 e. The van der Waals surface area contributed by atoms with Crippen LogP contribution in [0, 0.1) is 0 Å². The molecule has 0 aromatic heterocycles. The molecular weight excluding hydrogens is 266 g/mol. The van der Waals surface area contributed by atoms with Gasteiger partial charge < -0.3 is 15.5 Å². The van der Waals surface area contributed by atoms with Gasteiger partial charge in [0, 0.05) is 13.0 Å². The monoisotopic (exact) mass is 291 g/mol. The maximum atomic E-state index is 11.5. The number of hydrogen-bond donors (Lipinski definition) is 3. The van der Waals surface area contributed by atoms with Crippen LogP contribution in [-0.2, 0) is 9.59 Å². The Kier molecular flexibility index (Phi) is 11.8. The standard InChI is InChI=1S/C13H25NO4S/c1-2-3-4-5-6-9-19-10-12(16)14-11(7-8-15)13(17)18/h11,15H,2-10H2,1H3,(H,14,16)(H,17,18)/t11-/m0/s1. The molecule has 0 heterocycles. The number of carboxylic acid groups (broad SMARTS) is 1. The average molecular weight is 291 g/mol. The molecule has 0 radical (unpaired) electrons. The maximum Gasteiger partial charge on any atom is 0.326 e. The summed E-state index contributed by atoms with van der Waals surface area (Å²) in [6.07, 6.45) is 6.04. The molecule has 0 aliphatic heterocycles. The molecule has 0 aromatic rings. The lowest BCUT2D eigenvalue weighted by Crippen LogP contribution is -2.42. The van der Waals surface area contributed by atoms with E-state index in [-0.39, 0.29) is 24.7 Å². The summed E-state index contributed by atoms with van der Waals surface area (Å²) < 4.78 is 0. The van der Waals surface area contributed by atoms with Crippen LogP contribution in [0.25, 0.3) is 0 Å². The molecule has 0 unspecified atom stereocenters. The van der Waals surface area contributed by atoms with Gasteiger partial charge in [0.15, 0.2) is 0 Å². The number of aliphatic hydroxyl groups is 1. The zero-order chi connectivity index (χ0) is 14.5. The third-order valence-corrected chi connectivity index (χ3v) is 3.72. The molecule has 0 saturated carbocycles. The van der Waals surface area contributed by atoms with E-state index in [0.717, 1.165) is 12.2 Å². The van der Waals surface area contributed by atoms with Crippen LogP contribution in [0.4, 0.5) is 0 Å². The minimum atomic E-state index is -1.10. The summed E-state index contributed by atoms with van der Waals surface area (Å²) in [6, 6.07) is -0.984. The summed E-state index contributed by atoms with van der Waals surface area (Å²) in [4.78, 5) is 22.3. The van der Waals surface area contributed by atoms with Gasteiger partial charge in [-0.1, -0.05) is 32.6 Å². The minimum absolute atomic E-state index is 0.0444. The largest absolute Gasteiger partial charge is 0.480 e. The van der Waals surface area contributed by atoms with Gasteiger partial charge in [-0.2, -0.15) is 11.8 Å². The fraction of sp³-hybridized carbons (Fsp3) is 0.846. The van der Waals surface area contributed by atoms with E-state index >= 15 is 0 Å². The summed E-state index contributed by atoms with van der Waals surface area (Å²) in [5.74, 6) is -0.177. The lowest BCUT2D eigenvalue weighted by Gasteiger charge is -2.12. The van der Waals surface area contributed by atoms with Crippen molar-refractivity contribution < 1.29 is 19.8 Å². The fourth-order valence-corrected chi connectivity index (χ4v) is 2.42. The highest BCUT2D eigenvalue weighted by molar-refractivity contribution is 7.99. The third-order valence-electron chi connectivity index (χ3n) is 2.68. The topological polar surface area (TPSA) is 86.6 Å². The molecule has 6 heteroatoms. The smallest absolute Gasteiger partial charge is 0.326 e. The number of aliphatic hydroxyl groups excluding tert-OH is 1. The van der Waals surface area contributed by atoms with Crippen molar-refractivity contribution in [2.75, 3.05) is 18.1 Å². The van der Waals surface area contributed by atoms with Gasteiger partial charge in [-0.05, 0) is 12.2 Å². The summed E-state index contributed by atoms with van der Waals surface area (Å²) >= 11 is 1.52. The van der Waals surface area contributed by atoms with E-state index < -0.39 is 12.0 Å². The molecule has 0 fully saturated rings. The van der Waals surface area contributed by atoms with Gasteiger partial charge in [-0.25, -0.2) is 4.79 Å². The first-order valence-electron chi connectivity index (χ1n) is 6.82. The Hall–Kier alpha value is -0.750. The molecule has 1 atom stereocenters. The molecule has 112 valence electrons. The number of carbonyl (C=O) groups excluding carboxylic acids is 1. The first-order valence-corrected chi connectivity index (χ1v) is 7.98. The van der Waals surface area contributed by atoms with E-state index in [2.05, 4.69) is 12.2 Å². The van der Waals surface area contributed by atoms with Crippen LogP contribution in [-0.4, -0.2) is 46.2 Å². The quantitative estimate of drug-likeness (QED) is 0.476. The maximum absolute atomic E-state index is 11.5. The molecule has 0 aliphatic carbocycles. The predicted molar refractivity (Wildman–Crippen MR) is 77.4 cm³/mol. The van der Waals surface area contributed by atoms with Gasteiger partial charge in [0.2, 0.25) is 5.91 Å². The predicted octanol–water partition coefficient (Wildman–Crippen LogP) is 1.64. The Morgan fingerprint density at radius 2 is 1.89 bits per heavy atom. The number of unbranched alkanes of at least 4 members (excludes halogenated alkanes) is 4. The van der Waals surface area contributed by atoms with Crippen molar-refractivity contribution in [3.05, 3.63) is 0 Å². The summed E-state index contributed by atoms with van der Waals surface area (Å²) in [7, 11) is 0. The molecule has 19 heavy (non-hydrogen) atoms. The van der Waals surface area contributed by atoms with E-state index in [1.165, 1.54) is 37.4 Å². The molecule has 0 aliphatic rings. The number of aliphatic carboxylic acids is 1. The molecule has 0 bridgehead atoms. The number of amides is 1. The van der Waals surface area contributed by atoms with Crippen molar-refractivity contribution in [3.8, 4) is 0 Å². The van der Waals surface area contributed by atoms with Crippen molar-refractivity contribution >= 4 is 23.6 Å². The lowest BCUT2D eigenvalue weighted by molar-refractivity contribution is -0.141. The molecule has 0 rings (SSSR count). The molecule has 0 aromatic carbocycles. The lowest BCUT2D eigenvalue weighted by atomic mass is 10.2. The van der Waals surface area contributed by atoms with E-state index in [1.807, 2.05) is 0 Å². The van der Waals surface area contributed by atoms with Crippen LogP contribution in [0.3, 0.4) is 0 Å².